The van der Waals surface area contributed by atoms with Gasteiger partial charge in [0.25, 0.3) is 0 Å². The molecule has 3 unspecified atom stereocenters. The number of carboxylic acid groups (broad SMARTS) is 1. The predicted octanol–water partition coefficient (Wildman–Crippen LogP) is 7.27. The predicted molar refractivity (Wildman–Crippen MR) is 122 cm³/mol. The summed E-state index contributed by atoms with van der Waals surface area (Å²) >= 11 is 12.1. The van der Waals surface area contributed by atoms with Crippen molar-refractivity contribution in [3.63, 3.8) is 0 Å². The molecule has 178 valence electrons. The Morgan fingerprint density at radius 3 is 2.21 bits per heavy atom. The van der Waals surface area contributed by atoms with Crippen LogP contribution in [-0.2, 0) is 9.59 Å². The molecular formula is C24H24Cl2F3NO3. The number of carbonyl (C=O) groups excluding carboxylic acids is 1. The van der Waals surface area contributed by atoms with Gasteiger partial charge in [0.2, 0.25) is 5.91 Å². The van der Waals surface area contributed by atoms with Crippen LogP contribution in [0.4, 0.5) is 18.9 Å². The van der Waals surface area contributed by atoms with E-state index in [1.807, 2.05) is 0 Å². The maximum absolute atomic E-state index is 13.6. The second-order valence-corrected chi connectivity index (χ2v) is 9.33. The van der Waals surface area contributed by atoms with E-state index in [1.165, 1.54) is 30.3 Å². The number of alkyl halides is 3. The van der Waals surface area contributed by atoms with E-state index < -0.39 is 29.9 Å². The average Bonchev–Trinajstić information content (AvgIpc) is 2.68. The van der Waals surface area contributed by atoms with E-state index in [-0.39, 0.29) is 34.5 Å². The molecule has 0 heterocycles. The number of amides is 1. The normalized spacial score (nSPS) is 17.0. The van der Waals surface area contributed by atoms with Crippen molar-refractivity contribution in [3.8, 4) is 0 Å². The van der Waals surface area contributed by atoms with Crippen LogP contribution in [0.2, 0.25) is 10.0 Å². The van der Waals surface area contributed by atoms with Crippen molar-refractivity contribution in [3.05, 3.63) is 63.6 Å². The van der Waals surface area contributed by atoms with E-state index in [1.54, 1.807) is 12.1 Å². The number of halogens is 5. The smallest absolute Gasteiger partial charge is 0.392 e. The summed E-state index contributed by atoms with van der Waals surface area (Å²) in [4.78, 5) is 24.5. The Balaban J connectivity index is 1.92. The second-order valence-electron chi connectivity index (χ2n) is 8.48. The third kappa shape index (κ3) is 6.21. The number of anilines is 1. The van der Waals surface area contributed by atoms with E-state index >= 15 is 0 Å². The minimum atomic E-state index is -4.61. The first-order chi connectivity index (χ1) is 15.5. The minimum absolute atomic E-state index is 0.0712. The first-order valence-electron chi connectivity index (χ1n) is 10.6. The van der Waals surface area contributed by atoms with E-state index in [0.717, 1.165) is 26.2 Å². The molecule has 0 aliphatic heterocycles. The van der Waals surface area contributed by atoms with Gasteiger partial charge >= 0.3 is 12.1 Å². The third-order valence-corrected chi connectivity index (χ3v) is 6.90. The molecule has 0 saturated heterocycles. The summed E-state index contributed by atoms with van der Waals surface area (Å²) in [5.74, 6) is -5.34. The molecule has 33 heavy (non-hydrogen) atoms. The average molecular weight is 502 g/mol. The highest BCUT2D eigenvalue weighted by atomic mass is 35.5. The summed E-state index contributed by atoms with van der Waals surface area (Å²) in [7, 11) is 0. The molecule has 4 nitrogen and oxygen atoms in total. The third-order valence-electron chi connectivity index (χ3n) is 6.32. The first kappa shape index (κ1) is 25.4. The van der Waals surface area contributed by atoms with Crippen LogP contribution in [0.15, 0.2) is 42.5 Å². The van der Waals surface area contributed by atoms with Gasteiger partial charge in [-0.3, -0.25) is 9.59 Å². The summed E-state index contributed by atoms with van der Waals surface area (Å²) in [6.45, 7) is 0.955. The molecule has 0 spiro atoms. The van der Waals surface area contributed by atoms with Crippen LogP contribution in [0.1, 0.15) is 55.6 Å². The minimum Gasteiger partial charge on any atom is -0.481 e. The van der Waals surface area contributed by atoms with Crippen molar-refractivity contribution in [1.29, 1.82) is 0 Å². The quantitative estimate of drug-likeness (QED) is 0.399. The lowest BCUT2D eigenvalue weighted by Crippen LogP contribution is -2.34. The van der Waals surface area contributed by atoms with Crippen LogP contribution in [0.5, 0.6) is 0 Å². The Labute approximate surface area is 200 Å². The lowest BCUT2D eigenvalue weighted by molar-refractivity contribution is -0.178. The van der Waals surface area contributed by atoms with Gasteiger partial charge < -0.3 is 10.4 Å². The molecule has 3 rings (SSSR count). The fraction of sp³-hybridized carbons (Fsp3) is 0.417. The molecule has 1 saturated carbocycles. The lowest BCUT2D eigenvalue weighted by atomic mass is 9.71. The molecular weight excluding hydrogens is 478 g/mol. The highest BCUT2D eigenvalue weighted by Gasteiger charge is 2.45. The van der Waals surface area contributed by atoms with Crippen molar-refractivity contribution < 1.29 is 27.9 Å². The molecule has 2 aromatic carbocycles. The zero-order valence-electron chi connectivity index (χ0n) is 17.8. The highest BCUT2D eigenvalue weighted by molar-refractivity contribution is 6.33. The highest BCUT2D eigenvalue weighted by Crippen LogP contribution is 2.43. The number of nitrogens with one attached hydrogen (secondary N) is 1. The van der Waals surface area contributed by atoms with E-state index in [9.17, 15) is 27.9 Å². The zero-order chi connectivity index (χ0) is 24.3. The van der Waals surface area contributed by atoms with Gasteiger partial charge in [-0.25, -0.2) is 0 Å². The molecule has 0 aromatic heterocycles. The summed E-state index contributed by atoms with van der Waals surface area (Å²) in [5, 5.41) is 12.4. The number of benzene rings is 2. The molecule has 1 aliphatic carbocycles. The number of hydrogen-bond acceptors (Lipinski definition) is 2. The number of carbonyl (C=O) groups is 2. The molecule has 2 aromatic rings. The van der Waals surface area contributed by atoms with Gasteiger partial charge in [-0.15, -0.1) is 0 Å². The van der Waals surface area contributed by atoms with Crippen LogP contribution < -0.4 is 5.32 Å². The molecule has 1 aliphatic rings. The maximum Gasteiger partial charge on any atom is 0.392 e. The Kier molecular flexibility index (Phi) is 7.96. The van der Waals surface area contributed by atoms with Crippen LogP contribution in [0.25, 0.3) is 0 Å². The summed E-state index contributed by atoms with van der Waals surface area (Å²) in [6.07, 6.45) is -1.84. The largest absolute Gasteiger partial charge is 0.481 e. The van der Waals surface area contributed by atoms with Crippen LogP contribution in [0.3, 0.4) is 0 Å². The Hall–Kier alpha value is -2.25. The Bertz CT molecular complexity index is 1010. The second kappa shape index (κ2) is 10.3. The number of carboxylic acids is 1. The van der Waals surface area contributed by atoms with Crippen LogP contribution in [0, 0.1) is 11.8 Å². The van der Waals surface area contributed by atoms with Crippen molar-refractivity contribution in [2.24, 2.45) is 11.8 Å². The van der Waals surface area contributed by atoms with Crippen LogP contribution in [-0.4, -0.2) is 23.2 Å². The standard InChI is InChI=1S/C24H24Cl2F3NO3/c1-13(24(27,28)29)22(15-5-8-17(25)9-6-15)23(33)30-20-11-16(7-10-19(20)26)18(12-21(31)32)14-3-2-4-14/h5-11,13-14,18,22H,2-4,12H2,1H3,(H,30,33)(H,31,32). The summed E-state index contributed by atoms with van der Waals surface area (Å²) < 4.78 is 40.7. The van der Waals surface area contributed by atoms with Crippen molar-refractivity contribution in [2.45, 2.75) is 50.6 Å². The molecule has 9 heteroatoms. The number of hydrogen-bond donors (Lipinski definition) is 2. The van der Waals surface area contributed by atoms with Crippen molar-refractivity contribution in [2.75, 3.05) is 5.32 Å². The van der Waals surface area contributed by atoms with E-state index in [2.05, 4.69) is 5.32 Å². The lowest BCUT2D eigenvalue weighted by Gasteiger charge is -2.33. The first-order valence-corrected chi connectivity index (χ1v) is 11.4. The van der Waals surface area contributed by atoms with Gasteiger partial charge in [-0.05, 0) is 60.1 Å². The van der Waals surface area contributed by atoms with Gasteiger partial charge in [0.05, 0.1) is 29.0 Å². The van der Waals surface area contributed by atoms with E-state index in [4.69, 9.17) is 23.2 Å². The molecule has 0 radical (unpaired) electrons. The molecule has 3 atom stereocenters. The maximum atomic E-state index is 13.6. The molecule has 2 N–H and O–H groups in total. The monoisotopic (exact) mass is 501 g/mol. The molecule has 1 fully saturated rings. The van der Waals surface area contributed by atoms with Gasteiger partial charge in [-0.2, -0.15) is 13.2 Å². The van der Waals surface area contributed by atoms with Crippen molar-refractivity contribution >= 4 is 40.8 Å². The van der Waals surface area contributed by atoms with E-state index in [0.29, 0.717) is 10.6 Å². The fourth-order valence-corrected chi connectivity index (χ4v) is 4.48. The topological polar surface area (TPSA) is 66.4 Å². The molecule has 1 amide bonds. The Morgan fingerprint density at radius 1 is 1.09 bits per heavy atom. The number of aliphatic carboxylic acids is 1. The van der Waals surface area contributed by atoms with Gasteiger partial charge in [-0.1, -0.05) is 54.7 Å². The van der Waals surface area contributed by atoms with Crippen LogP contribution >= 0.6 is 23.2 Å². The fourth-order valence-electron chi connectivity index (χ4n) is 4.19. The van der Waals surface area contributed by atoms with Gasteiger partial charge in [0.1, 0.15) is 0 Å². The number of rotatable bonds is 8. The zero-order valence-corrected chi connectivity index (χ0v) is 19.3. The summed E-state index contributed by atoms with van der Waals surface area (Å²) in [6, 6.07) is 10.5. The summed E-state index contributed by atoms with van der Waals surface area (Å²) in [5.41, 5.74) is 1.02. The van der Waals surface area contributed by atoms with Gasteiger partial charge in [0, 0.05) is 5.02 Å². The Morgan fingerprint density at radius 2 is 1.70 bits per heavy atom. The SMILES string of the molecule is CC(C(C(=O)Nc1cc(C(CC(=O)O)C2CCC2)ccc1Cl)c1ccc(Cl)cc1)C(F)(F)F. The van der Waals surface area contributed by atoms with Crippen molar-refractivity contribution in [1.82, 2.24) is 0 Å². The van der Waals surface area contributed by atoms with Gasteiger partial charge in [0.15, 0.2) is 0 Å². The molecule has 0 bridgehead atoms.